The Morgan fingerprint density at radius 1 is 1.16 bits per heavy atom. The van der Waals surface area contributed by atoms with Crippen LogP contribution in [0.5, 0.6) is 0 Å². The highest BCUT2D eigenvalue weighted by Crippen LogP contribution is 2.27. The molecule has 1 amide bonds. The fourth-order valence-electron chi connectivity index (χ4n) is 3.56. The zero-order chi connectivity index (χ0) is 22.3. The summed E-state index contributed by atoms with van der Waals surface area (Å²) in [6.45, 7) is 4.59. The molecule has 168 valence electrons. The van der Waals surface area contributed by atoms with E-state index in [-0.39, 0.29) is 11.9 Å². The molecule has 1 saturated heterocycles. The molecule has 1 aliphatic rings. The van der Waals surface area contributed by atoms with Gasteiger partial charge in [0.15, 0.2) is 5.13 Å². The van der Waals surface area contributed by atoms with Crippen molar-refractivity contribution in [3.8, 4) is 11.3 Å². The van der Waals surface area contributed by atoms with Crippen LogP contribution in [0.15, 0.2) is 41.1 Å². The number of hydrogen-bond donors (Lipinski definition) is 1. The van der Waals surface area contributed by atoms with Gasteiger partial charge in [0.1, 0.15) is 0 Å². The predicted molar refractivity (Wildman–Crippen MR) is 127 cm³/mol. The van der Waals surface area contributed by atoms with Crippen LogP contribution < -0.4 is 5.32 Å². The Bertz CT molecular complexity index is 1060. The van der Waals surface area contributed by atoms with Crippen molar-refractivity contribution in [1.29, 1.82) is 0 Å². The maximum Gasteiger partial charge on any atom is 0.337 e. The van der Waals surface area contributed by atoms with Gasteiger partial charge >= 0.3 is 5.97 Å². The third-order valence-corrected chi connectivity index (χ3v) is 7.02. The second-order valence-electron chi connectivity index (χ2n) is 7.39. The highest BCUT2D eigenvalue weighted by atomic mass is 32.1. The number of methoxy groups -OCH3 is 1. The molecule has 0 aliphatic carbocycles. The molecule has 1 fully saturated rings. The smallest absolute Gasteiger partial charge is 0.337 e. The van der Waals surface area contributed by atoms with E-state index in [1.54, 1.807) is 12.1 Å². The van der Waals surface area contributed by atoms with Crippen molar-refractivity contribution >= 4 is 39.7 Å². The van der Waals surface area contributed by atoms with E-state index in [4.69, 9.17) is 9.47 Å². The molecule has 1 aromatic carbocycles. The molecular formula is C23H25N3O4S2. The number of nitrogens with zero attached hydrogens (tertiary/aromatic N) is 2. The molecule has 3 heterocycles. The molecular weight excluding hydrogens is 446 g/mol. The third kappa shape index (κ3) is 5.60. The Labute approximate surface area is 195 Å². The number of esters is 1. The number of carbonyl (C=O) groups is 2. The first-order chi connectivity index (χ1) is 15.6. The number of ether oxygens (including phenoxy) is 2. The molecule has 3 aromatic rings. The Kier molecular flexibility index (Phi) is 7.64. The summed E-state index contributed by atoms with van der Waals surface area (Å²) in [6.07, 6.45) is 1.89. The van der Waals surface area contributed by atoms with Gasteiger partial charge in [0.25, 0.3) is 5.91 Å². The van der Waals surface area contributed by atoms with Crippen LogP contribution in [0.4, 0.5) is 5.13 Å². The van der Waals surface area contributed by atoms with E-state index in [2.05, 4.69) is 15.2 Å². The fourth-order valence-corrected chi connectivity index (χ4v) is 5.12. The van der Waals surface area contributed by atoms with Crippen molar-refractivity contribution in [2.75, 3.05) is 45.3 Å². The Morgan fingerprint density at radius 2 is 1.94 bits per heavy atom. The minimum atomic E-state index is -0.375. The molecule has 7 nitrogen and oxygen atoms in total. The van der Waals surface area contributed by atoms with Gasteiger partial charge in [-0.05, 0) is 48.5 Å². The van der Waals surface area contributed by atoms with Gasteiger partial charge in [0.05, 0.1) is 36.5 Å². The third-order valence-electron chi connectivity index (χ3n) is 5.30. The number of thiophene rings is 1. The summed E-state index contributed by atoms with van der Waals surface area (Å²) in [6, 6.07) is 9.08. The monoisotopic (exact) mass is 471 g/mol. The van der Waals surface area contributed by atoms with Crippen molar-refractivity contribution in [2.24, 2.45) is 0 Å². The number of thiazole rings is 1. The van der Waals surface area contributed by atoms with Gasteiger partial charge in [-0.25, -0.2) is 9.78 Å². The Morgan fingerprint density at radius 3 is 2.69 bits per heavy atom. The summed E-state index contributed by atoms with van der Waals surface area (Å²) in [5, 5.41) is 7.34. The van der Waals surface area contributed by atoms with E-state index in [0.29, 0.717) is 10.7 Å². The molecule has 0 radical (unpaired) electrons. The topological polar surface area (TPSA) is 80.8 Å². The first-order valence-corrected chi connectivity index (χ1v) is 12.2. The summed E-state index contributed by atoms with van der Waals surface area (Å²) in [4.78, 5) is 32.1. The van der Waals surface area contributed by atoms with Crippen molar-refractivity contribution in [2.45, 2.75) is 12.8 Å². The lowest BCUT2D eigenvalue weighted by molar-refractivity contribution is 0.0374. The molecule has 0 bridgehead atoms. The zero-order valence-electron chi connectivity index (χ0n) is 17.8. The largest absolute Gasteiger partial charge is 0.465 e. The van der Waals surface area contributed by atoms with Crippen LogP contribution >= 0.6 is 22.7 Å². The van der Waals surface area contributed by atoms with Gasteiger partial charge in [-0.3, -0.25) is 15.0 Å². The van der Waals surface area contributed by atoms with Crippen LogP contribution in [0, 0.1) is 0 Å². The highest BCUT2D eigenvalue weighted by Gasteiger charge is 2.16. The average Bonchev–Trinajstić information content (AvgIpc) is 3.49. The normalized spacial score (nSPS) is 14.3. The summed E-state index contributed by atoms with van der Waals surface area (Å²) in [5.74, 6) is -0.497. The van der Waals surface area contributed by atoms with Gasteiger partial charge in [0, 0.05) is 24.0 Å². The van der Waals surface area contributed by atoms with E-state index in [9.17, 15) is 9.59 Å². The van der Waals surface area contributed by atoms with E-state index in [1.807, 2.05) is 29.0 Å². The van der Waals surface area contributed by atoms with Crippen molar-refractivity contribution in [3.05, 3.63) is 57.1 Å². The standard InChI is InChI=1S/C23H25N3O4S2/c1-29-22(28)18-6-4-16(5-7-18)19-15-32-23(24-19)25-21(27)20-17(8-14-31-20)3-2-9-26-10-12-30-13-11-26/h4-8,14-15H,2-3,9-13H2,1H3,(H,24,25,27). The lowest BCUT2D eigenvalue weighted by Crippen LogP contribution is -2.36. The molecule has 0 unspecified atom stereocenters. The number of rotatable bonds is 8. The summed E-state index contributed by atoms with van der Waals surface area (Å²) >= 11 is 2.84. The van der Waals surface area contributed by atoms with Crippen molar-refractivity contribution < 1.29 is 19.1 Å². The molecule has 1 aliphatic heterocycles. The van der Waals surface area contributed by atoms with Gasteiger partial charge < -0.3 is 9.47 Å². The molecule has 32 heavy (non-hydrogen) atoms. The minimum Gasteiger partial charge on any atom is -0.465 e. The van der Waals surface area contributed by atoms with Gasteiger partial charge in [-0.1, -0.05) is 12.1 Å². The number of benzene rings is 1. The number of aromatic nitrogens is 1. The lowest BCUT2D eigenvalue weighted by Gasteiger charge is -2.26. The SMILES string of the molecule is COC(=O)c1ccc(-c2csc(NC(=O)c3sccc3CCCN3CCOCC3)n2)cc1. The molecule has 4 rings (SSSR count). The molecule has 9 heteroatoms. The Hall–Kier alpha value is -2.59. The van der Waals surface area contributed by atoms with E-state index in [1.165, 1.54) is 29.8 Å². The summed E-state index contributed by atoms with van der Waals surface area (Å²) in [5.41, 5.74) is 3.18. The Balaban J connectivity index is 1.34. The molecule has 0 saturated carbocycles. The quantitative estimate of drug-likeness (QED) is 0.497. The minimum absolute atomic E-state index is 0.122. The molecule has 2 aromatic heterocycles. The van der Waals surface area contributed by atoms with E-state index < -0.39 is 0 Å². The van der Waals surface area contributed by atoms with Crippen molar-refractivity contribution in [1.82, 2.24) is 9.88 Å². The van der Waals surface area contributed by atoms with Crippen LogP contribution in [-0.4, -0.2) is 61.7 Å². The van der Waals surface area contributed by atoms with Gasteiger partial charge in [-0.2, -0.15) is 0 Å². The highest BCUT2D eigenvalue weighted by molar-refractivity contribution is 7.14. The fraction of sp³-hybridized carbons (Fsp3) is 0.348. The number of hydrogen-bond acceptors (Lipinski definition) is 8. The predicted octanol–water partition coefficient (Wildman–Crippen LogP) is 4.18. The molecule has 0 atom stereocenters. The first kappa shape index (κ1) is 22.6. The second kappa shape index (κ2) is 10.8. The van der Waals surface area contributed by atoms with Crippen LogP contribution in [-0.2, 0) is 15.9 Å². The first-order valence-electron chi connectivity index (χ1n) is 10.5. The second-order valence-corrected chi connectivity index (χ2v) is 9.17. The van der Waals surface area contributed by atoms with Crippen LogP contribution in [0.2, 0.25) is 0 Å². The number of anilines is 1. The zero-order valence-corrected chi connectivity index (χ0v) is 19.5. The lowest BCUT2D eigenvalue weighted by atomic mass is 10.1. The number of amides is 1. The summed E-state index contributed by atoms with van der Waals surface area (Å²) < 4.78 is 10.1. The maximum absolute atomic E-state index is 12.8. The van der Waals surface area contributed by atoms with E-state index in [0.717, 1.165) is 67.4 Å². The van der Waals surface area contributed by atoms with Gasteiger partial charge in [0.2, 0.25) is 0 Å². The van der Waals surface area contributed by atoms with Gasteiger partial charge in [-0.15, -0.1) is 22.7 Å². The van der Waals surface area contributed by atoms with E-state index >= 15 is 0 Å². The molecule has 1 N–H and O–H groups in total. The average molecular weight is 472 g/mol. The van der Waals surface area contributed by atoms with Crippen molar-refractivity contribution in [3.63, 3.8) is 0 Å². The van der Waals surface area contributed by atoms with Crippen LogP contribution in [0.1, 0.15) is 32.0 Å². The number of aryl methyl sites for hydroxylation is 1. The summed E-state index contributed by atoms with van der Waals surface area (Å²) in [7, 11) is 1.36. The van der Waals surface area contributed by atoms with Crippen LogP contribution in [0.25, 0.3) is 11.3 Å². The number of nitrogens with one attached hydrogen (secondary N) is 1. The number of carbonyl (C=O) groups excluding carboxylic acids is 2. The number of morpholine rings is 1. The molecule has 0 spiro atoms. The maximum atomic E-state index is 12.8. The van der Waals surface area contributed by atoms with Crippen LogP contribution in [0.3, 0.4) is 0 Å².